The van der Waals surface area contributed by atoms with Crippen LogP contribution in [0.1, 0.15) is 58.8 Å². The summed E-state index contributed by atoms with van der Waals surface area (Å²) in [7, 11) is 0. The molecule has 2 aliphatic heterocycles. The predicted molar refractivity (Wildman–Crippen MR) is 131 cm³/mol. The van der Waals surface area contributed by atoms with Crippen molar-refractivity contribution < 1.29 is 19.1 Å². The molecule has 1 amide bonds. The fraction of sp³-hybridized carbons (Fsp3) is 0.600. The van der Waals surface area contributed by atoms with Gasteiger partial charge in [0.25, 0.3) is 5.91 Å². The molecule has 1 aromatic rings. The van der Waals surface area contributed by atoms with Gasteiger partial charge >= 0.3 is 0 Å². The first-order chi connectivity index (χ1) is 15.5. The van der Waals surface area contributed by atoms with Crippen LogP contribution in [0.15, 0.2) is 36.1 Å². The lowest BCUT2D eigenvalue weighted by Crippen LogP contribution is -2.37. The molecule has 3 rings (SSSR count). The highest BCUT2D eigenvalue weighted by Gasteiger charge is 2.39. The monoisotopic (exact) mass is 460 g/mol. The molecule has 32 heavy (non-hydrogen) atoms. The Morgan fingerprint density at radius 1 is 1.16 bits per heavy atom. The van der Waals surface area contributed by atoms with Crippen molar-refractivity contribution in [3.63, 3.8) is 0 Å². The number of carbonyl (C=O) groups excluding carboxylic acids is 2. The fourth-order valence-corrected chi connectivity index (χ4v) is 5.24. The van der Waals surface area contributed by atoms with Crippen molar-refractivity contribution in [3.05, 3.63) is 36.1 Å². The van der Waals surface area contributed by atoms with Gasteiger partial charge in [-0.05, 0) is 25.5 Å². The number of morpholine rings is 1. The maximum Gasteiger partial charge on any atom is 0.262 e. The number of unbranched alkanes of at least 4 members (excludes halogenated alkanes) is 5. The molecule has 1 atom stereocenters. The van der Waals surface area contributed by atoms with E-state index in [0.717, 1.165) is 43.7 Å². The number of para-hydroxylation sites is 2. The number of rotatable bonds is 12. The number of hydrogen-bond acceptors (Lipinski definition) is 6. The van der Waals surface area contributed by atoms with Gasteiger partial charge in [0.15, 0.2) is 6.61 Å². The van der Waals surface area contributed by atoms with Gasteiger partial charge in [0.2, 0.25) is 5.12 Å². The minimum absolute atomic E-state index is 0.00607. The van der Waals surface area contributed by atoms with Gasteiger partial charge in [-0.3, -0.25) is 9.59 Å². The van der Waals surface area contributed by atoms with E-state index in [2.05, 4.69) is 17.1 Å². The lowest BCUT2D eigenvalue weighted by atomic mass is 9.99. The van der Waals surface area contributed by atoms with Gasteiger partial charge in [0.05, 0.1) is 29.3 Å². The third kappa shape index (κ3) is 7.01. The molecular formula is C25H36N2O4S. The van der Waals surface area contributed by atoms with E-state index in [4.69, 9.17) is 9.47 Å². The van der Waals surface area contributed by atoms with Crippen molar-refractivity contribution >= 4 is 34.2 Å². The molecule has 176 valence electrons. The third-order valence-corrected chi connectivity index (χ3v) is 7.17. The highest BCUT2D eigenvalue weighted by molar-refractivity contribution is 8.15. The smallest absolute Gasteiger partial charge is 0.262 e. The Morgan fingerprint density at radius 2 is 1.88 bits per heavy atom. The lowest BCUT2D eigenvalue weighted by molar-refractivity contribution is -0.119. The average Bonchev–Trinajstić information content (AvgIpc) is 3.09. The van der Waals surface area contributed by atoms with Crippen LogP contribution >= 0.6 is 11.8 Å². The summed E-state index contributed by atoms with van der Waals surface area (Å²) in [6.45, 7) is 7.12. The summed E-state index contributed by atoms with van der Waals surface area (Å²) in [5.74, 6) is 0.399. The molecule has 0 aliphatic carbocycles. The first kappa shape index (κ1) is 24.6. The van der Waals surface area contributed by atoms with E-state index >= 15 is 0 Å². The first-order valence-electron chi connectivity index (χ1n) is 11.8. The Morgan fingerprint density at radius 3 is 2.66 bits per heavy atom. The maximum atomic E-state index is 12.7. The number of carbonyl (C=O) groups is 2. The number of ether oxygens (including phenoxy) is 2. The van der Waals surface area contributed by atoms with Gasteiger partial charge in [0, 0.05) is 19.2 Å². The Labute approximate surface area is 196 Å². The number of amides is 1. The van der Waals surface area contributed by atoms with Gasteiger partial charge in [-0.15, -0.1) is 0 Å². The highest BCUT2D eigenvalue weighted by atomic mass is 32.2. The van der Waals surface area contributed by atoms with Crippen LogP contribution in [-0.2, 0) is 19.1 Å². The molecule has 0 saturated carbocycles. The summed E-state index contributed by atoms with van der Waals surface area (Å²) >= 11 is 1.31. The molecule has 0 aromatic heterocycles. The van der Waals surface area contributed by atoms with Crippen molar-refractivity contribution in [1.29, 1.82) is 0 Å². The van der Waals surface area contributed by atoms with E-state index in [1.807, 2.05) is 31.2 Å². The van der Waals surface area contributed by atoms with Crippen LogP contribution in [0.4, 0.5) is 11.4 Å². The topological polar surface area (TPSA) is 67.9 Å². The first-order valence-corrected chi connectivity index (χ1v) is 12.6. The van der Waals surface area contributed by atoms with Gasteiger partial charge in [-0.25, -0.2) is 0 Å². The van der Waals surface area contributed by atoms with E-state index in [9.17, 15) is 9.59 Å². The molecular weight excluding hydrogens is 424 g/mol. The normalized spacial score (nSPS) is 20.9. The number of nitrogens with one attached hydrogen (secondary N) is 1. The van der Waals surface area contributed by atoms with Gasteiger partial charge in [0.1, 0.15) is 5.76 Å². The number of thioether (sulfide) groups is 1. The minimum atomic E-state index is -0.381. The van der Waals surface area contributed by atoms with Crippen molar-refractivity contribution in [2.45, 2.75) is 63.5 Å². The quantitative estimate of drug-likeness (QED) is 0.435. The molecule has 2 heterocycles. The maximum absolute atomic E-state index is 12.7. The zero-order valence-corrected chi connectivity index (χ0v) is 20.2. The van der Waals surface area contributed by atoms with Gasteiger partial charge in [-0.1, -0.05) is 69.3 Å². The molecule has 2 aliphatic rings. The summed E-state index contributed by atoms with van der Waals surface area (Å²) in [4.78, 5) is 27.0. The van der Waals surface area contributed by atoms with Crippen LogP contribution in [0, 0.1) is 0 Å². The number of hydrogen-bond donors (Lipinski definition) is 1. The summed E-state index contributed by atoms with van der Waals surface area (Å²) < 4.78 is 10.9. The standard InChI is InChI=1S/C25H36N2O4S/c1-3-4-5-6-7-10-13-25(2)22(18-24(29)32-25)31-19-23(28)26-20-11-8-9-12-21(20)27-14-16-30-17-15-27/h8-9,11-12,18H,3-7,10,13-17,19H2,1-2H3,(H,26,28). The summed E-state index contributed by atoms with van der Waals surface area (Å²) in [5, 5.41) is 2.98. The van der Waals surface area contributed by atoms with Crippen LogP contribution in [-0.4, -0.2) is 48.7 Å². The van der Waals surface area contributed by atoms with Crippen LogP contribution < -0.4 is 10.2 Å². The fourth-order valence-electron chi connectivity index (χ4n) is 4.16. The van der Waals surface area contributed by atoms with Crippen molar-refractivity contribution in [2.24, 2.45) is 0 Å². The largest absolute Gasteiger partial charge is 0.486 e. The van der Waals surface area contributed by atoms with Crippen molar-refractivity contribution in [2.75, 3.05) is 43.1 Å². The molecule has 0 radical (unpaired) electrons. The number of nitrogens with zero attached hydrogens (tertiary/aromatic N) is 1. The molecule has 6 nitrogen and oxygen atoms in total. The highest BCUT2D eigenvalue weighted by Crippen LogP contribution is 2.44. The lowest BCUT2D eigenvalue weighted by Gasteiger charge is -2.30. The summed E-state index contributed by atoms with van der Waals surface area (Å²) in [6.07, 6.45) is 9.67. The van der Waals surface area contributed by atoms with Crippen LogP contribution in [0.5, 0.6) is 0 Å². The van der Waals surface area contributed by atoms with E-state index in [0.29, 0.717) is 19.0 Å². The predicted octanol–water partition coefficient (Wildman–Crippen LogP) is 5.14. The number of anilines is 2. The molecule has 1 unspecified atom stereocenters. The zero-order chi connectivity index (χ0) is 22.8. The van der Waals surface area contributed by atoms with Crippen LogP contribution in [0.3, 0.4) is 0 Å². The Kier molecular flexibility index (Phi) is 9.48. The molecule has 1 saturated heterocycles. The second-order valence-electron chi connectivity index (χ2n) is 8.63. The van der Waals surface area contributed by atoms with E-state index in [1.54, 1.807) is 6.08 Å². The zero-order valence-electron chi connectivity index (χ0n) is 19.4. The molecule has 1 aromatic carbocycles. The van der Waals surface area contributed by atoms with Gasteiger partial charge < -0.3 is 19.7 Å². The van der Waals surface area contributed by atoms with E-state index in [1.165, 1.54) is 37.4 Å². The molecule has 0 bridgehead atoms. The van der Waals surface area contributed by atoms with E-state index in [-0.39, 0.29) is 22.4 Å². The molecule has 7 heteroatoms. The summed E-state index contributed by atoms with van der Waals surface area (Å²) in [5.41, 5.74) is 1.76. The third-order valence-electron chi connectivity index (χ3n) is 5.99. The SMILES string of the molecule is CCCCCCCCC1(C)SC(=O)C=C1OCC(=O)Nc1ccccc1N1CCOCC1. The van der Waals surface area contributed by atoms with Crippen LogP contribution in [0.25, 0.3) is 0 Å². The second-order valence-corrected chi connectivity index (χ2v) is 10.1. The molecule has 0 spiro atoms. The van der Waals surface area contributed by atoms with Crippen molar-refractivity contribution in [3.8, 4) is 0 Å². The summed E-state index contributed by atoms with van der Waals surface area (Å²) in [6, 6.07) is 7.79. The van der Waals surface area contributed by atoms with E-state index < -0.39 is 0 Å². The number of benzene rings is 1. The Hall–Kier alpha value is -1.99. The minimum Gasteiger partial charge on any atom is -0.486 e. The van der Waals surface area contributed by atoms with Gasteiger partial charge in [-0.2, -0.15) is 0 Å². The van der Waals surface area contributed by atoms with Crippen LogP contribution in [0.2, 0.25) is 0 Å². The Bertz CT molecular complexity index is 807. The second kappa shape index (κ2) is 12.3. The Balaban J connectivity index is 1.51. The average molecular weight is 461 g/mol. The molecule has 1 fully saturated rings. The van der Waals surface area contributed by atoms with Crippen molar-refractivity contribution in [1.82, 2.24) is 0 Å². The molecule has 1 N–H and O–H groups in total.